The molecule has 1 aliphatic rings. The molecule has 3 heteroatoms. The lowest BCUT2D eigenvalue weighted by Gasteiger charge is -2.19. The number of nitrogens with zero attached hydrogens (tertiary/aromatic N) is 1. The summed E-state index contributed by atoms with van der Waals surface area (Å²) in [7, 11) is 0. The molecule has 1 aromatic rings. The van der Waals surface area contributed by atoms with Crippen molar-refractivity contribution in [3.63, 3.8) is 0 Å². The molecule has 0 bridgehead atoms. The van der Waals surface area contributed by atoms with Crippen LogP contribution in [0.5, 0.6) is 0 Å². The van der Waals surface area contributed by atoms with E-state index in [1.54, 1.807) is 0 Å². The minimum atomic E-state index is -0.0530. The Morgan fingerprint density at radius 2 is 1.76 bits per heavy atom. The zero-order chi connectivity index (χ0) is 14.9. The quantitative estimate of drug-likeness (QED) is 0.570. The van der Waals surface area contributed by atoms with Gasteiger partial charge in [-0.05, 0) is 50.3 Å². The number of unbranched alkanes of at least 4 members (excludes halogenated alkanes) is 2. The van der Waals surface area contributed by atoms with Gasteiger partial charge in [0, 0.05) is 19.5 Å². The van der Waals surface area contributed by atoms with Crippen molar-refractivity contribution in [2.75, 3.05) is 26.2 Å². The van der Waals surface area contributed by atoms with E-state index in [4.69, 9.17) is 4.74 Å². The van der Waals surface area contributed by atoms with E-state index in [0.29, 0.717) is 13.0 Å². The Labute approximate surface area is 128 Å². The average Bonchev–Trinajstić information content (AvgIpc) is 2.70. The first-order chi connectivity index (χ1) is 10.3. The monoisotopic (exact) mass is 289 g/mol. The summed E-state index contributed by atoms with van der Waals surface area (Å²) >= 11 is 0. The van der Waals surface area contributed by atoms with Crippen LogP contribution in [0.3, 0.4) is 0 Å². The molecule has 0 saturated heterocycles. The van der Waals surface area contributed by atoms with E-state index in [0.717, 1.165) is 32.5 Å². The average molecular weight is 289 g/mol. The maximum absolute atomic E-state index is 11.2. The normalized spacial score (nSPS) is 15.3. The molecule has 0 aliphatic carbocycles. The molecule has 0 spiro atoms. The Bertz CT molecular complexity index is 418. The largest absolute Gasteiger partial charge is 0.466 e. The summed E-state index contributed by atoms with van der Waals surface area (Å²) in [6.07, 6.45) is 6.14. The van der Waals surface area contributed by atoms with E-state index in [-0.39, 0.29) is 5.97 Å². The van der Waals surface area contributed by atoms with Gasteiger partial charge >= 0.3 is 5.97 Å². The number of rotatable bonds is 7. The summed E-state index contributed by atoms with van der Waals surface area (Å²) in [5.74, 6) is -0.0530. The number of carbonyl (C=O) groups is 1. The van der Waals surface area contributed by atoms with Gasteiger partial charge in [0.2, 0.25) is 0 Å². The number of hydrogen-bond donors (Lipinski definition) is 0. The van der Waals surface area contributed by atoms with Crippen molar-refractivity contribution in [2.24, 2.45) is 0 Å². The van der Waals surface area contributed by atoms with E-state index in [2.05, 4.69) is 29.2 Å². The van der Waals surface area contributed by atoms with Crippen LogP contribution in [0.2, 0.25) is 0 Å². The van der Waals surface area contributed by atoms with Crippen molar-refractivity contribution in [1.29, 1.82) is 0 Å². The number of benzene rings is 1. The standard InChI is InChI=1S/C18H27NO2/c1-2-21-18(20)10-4-3-7-13-19-14-11-16-8-5-6-9-17(16)12-15-19/h5-6,8-9H,2-4,7,10-15H2,1H3. The molecule has 0 radical (unpaired) electrons. The lowest BCUT2D eigenvalue weighted by Crippen LogP contribution is -2.27. The smallest absolute Gasteiger partial charge is 0.305 e. The van der Waals surface area contributed by atoms with Crippen molar-refractivity contribution in [3.8, 4) is 0 Å². The minimum Gasteiger partial charge on any atom is -0.466 e. The third-order valence-corrected chi connectivity index (χ3v) is 4.17. The van der Waals surface area contributed by atoms with E-state index >= 15 is 0 Å². The first-order valence-corrected chi connectivity index (χ1v) is 8.24. The molecule has 116 valence electrons. The van der Waals surface area contributed by atoms with Gasteiger partial charge in [0.1, 0.15) is 0 Å². The van der Waals surface area contributed by atoms with Gasteiger partial charge in [-0.2, -0.15) is 0 Å². The van der Waals surface area contributed by atoms with E-state index in [9.17, 15) is 4.79 Å². The number of ether oxygens (including phenoxy) is 1. The lowest BCUT2D eigenvalue weighted by molar-refractivity contribution is -0.143. The molecule has 2 rings (SSSR count). The molecule has 0 N–H and O–H groups in total. The zero-order valence-corrected chi connectivity index (χ0v) is 13.1. The van der Waals surface area contributed by atoms with Crippen molar-refractivity contribution in [3.05, 3.63) is 35.4 Å². The van der Waals surface area contributed by atoms with Gasteiger partial charge in [0.05, 0.1) is 6.61 Å². The van der Waals surface area contributed by atoms with E-state index < -0.39 is 0 Å². The second kappa shape index (κ2) is 8.83. The third-order valence-electron chi connectivity index (χ3n) is 4.17. The van der Waals surface area contributed by atoms with Crippen LogP contribution in [0.25, 0.3) is 0 Å². The molecule has 0 amide bonds. The third kappa shape index (κ3) is 5.50. The van der Waals surface area contributed by atoms with Crippen molar-refractivity contribution < 1.29 is 9.53 Å². The van der Waals surface area contributed by atoms with Crippen molar-refractivity contribution >= 4 is 5.97 Å². The SMILES string of the molecule is CCOC(=O)CCCCCN1CCc2ccccc2CC1. The summed E-state index contributed by atoms with van der Waals surface area (Å²) in [6.45, 7) is 5.82. The minimum absolute atomic E-state index is 0.0530. The highest BCUT2D eigenvalue weighted by atomic mass is 16.5. The first kappa shape index (κ1) is 16.0. The van der Waals surface area contributed by atoms with Gasteiger partial charge in [0.15, 0.2) is 0 Å². The molecular weight excluding hydrogens is 262 g/mol. The summed E-state index contributed by atoms with van der Waals surface area (Å²) in [6, 6.07) is 8.81. The van der Waals surface area contributed by atoms with E-state index in [1.165, 1.54) is 30.4 Å². The van der Waals surface area contributed by atoms with Crippen LogP contribution in [-0.2, 0) is 22.4 Å². The maximum atomic E-state index is 11.2. The van der Waals surface area contributed by atoms with Gasteiger partial charge in [-0.3, -0.25) is 4.79 Å². The van der Waals surface area contributed by atoms with Crippen LogP contribution in [0.4, 0.5) is 0 Å². The lowest BCUT2D eigenvalue weighted by atomic mass is 10.0. The van der Waals surface area contributed by atoms with Crippen LogP contribution >= 0.6 is 0 Å². The highest BCUT2D eigenvalue weighted by Crippen LogP contribution is 2.16. The van der Waals surface area contributed by atoms with Gasteiger partial charge in [-0.15, -0.1) is 0 Å². The van der Waals surface area contributed by atoms with Gasteiger partial charge in [-0.25, -0.2) is 0 Å². The second-order valence-electron chi connectivity index (χ2n) is 5.73. The molecule has 3 nitrogen and oxygen atoms in total. The summed E-state index contributed by atoms with van der Waals surface area (Å²) < 4.78 is 4.94. The number of carbonyl (C=O) groups excluding carboxylic acids is 1. The number of hydrogen-bond acceptors (Lipinski definition) is 3. The Morgan fingerprint density at radius 3 is 2.38 bits per heavy atom. The number of esters is 1. The molecule has 1 heterocycles. The molecule has 1 aromatic carbocycles. The van der Waals surface area contributed by atoms with Crippen LogP contribution in [-0.4, -0.2) is 37.1 Å². The van der Waals surface area contributed by atoms with Crippen LogP contribution in [0.15, 0.2) is 24.3 Å². The highest BCUT2D eigenvalue weighted by molar-refractivity contribution is 5.69. The molecule has 21 heavy (non-hydrogen) atoms. The van der Waals surface area contributed by atoms with Crippen molar-refractivity contribution in [1.82, 2.24) is 4.90 Å². The fourth-order valence-electron chi connectivity index (χ4n) is 2.95. The fourth-order valence-corrected chi connectivity index (χ4v) is 2.95. The van der Waals surface area contributed by atoms with Crippen LogP contribution in [0.1, 0.15) is 43.7 Å². The number of fused-ring (bicyclic) bond motifs is 1. The van der Waals surface area contributed by atoms with E-state index in [1.807, 2.05) is 6.92 Å². The zero-order valence-electron chi connectivity index (χ0n) is 13.1. The predicted octanol–water partition coefficient (Wildman–Crippen LogP) is 3.21. The molecule has 0 fully saturated rings. The summed E-state index contributed by atoms with van der Waals surface area (Å²) in [5.41, 5.74) is 3.03. The molecule has 0 unspecified atom stereocenters. The molecule has 0 atom stereocenters. The molecule has 0 saturated carbocycles. The summed E-state index contributed by atoms with van der Waals surface area (Å²) in [4.78, 5) is 13.8. The predicted molar refractivity (Wildman–Crippen MR) is 85.4 cm³/mol. The van der Waals surface area contributed by atoms with Gasteiger partial charge < -0.3 is 9.64 Å². The first-order valence-electron chi connectivity index (χ1n) is 8.24. The second-order valence-corrected chi connectivity index (χ2v) is 5.73. The Hall–Kier alpha value is -1.35. The van der Waals surface area contributed by atoms with Gasteiger partial charge in [0.25, 0.3) is 0 Å². The highest BCUT2D eigenvalue weighted by Gasteiger charge is 2.12. The topological polar surface area (TPSA) is 29.5 Å². The van der Waals surface area contributed by atoms with Gasteiger partial charge in [-0.1, -0.05) is 30.7 Å². The molecular formula is C18H27NO2. The molecule has 1 aliphatic heterocycles. The maximum Gasteiger partial charge on any atom is 0.305 e. The molecule has 0 aromatic heterocycles. The van der Waals surface area contributed by atoms with Crippen LogP contribution in [0, 0.1) is 0 Å². The van der Waals surface area contributed by atoms with Crippen LogP contribution < -0.4 is 0 Å². The Balaban J connectivity index is 1.61. The van der Waals surface area contributed by atoms with Crippen molar-refractivity contribution in [2.45, 2.75) is 45.4 Å². The Morgan fingerprint density at radius 1 is 1.10 bits per heavy atom. The Kier molecular flexibility index (Phi) is 6.74. The summed E-state index contributed by atoms with van der Waals surface area (Å²) in [5, 5.41) is 0. The fraction of sp³-hybridized carbons (Fsp3) is 0.611.